The number of rotatable bonds is 9. The Morgan fingerprint density at radius 2 is 2.00 bits per heavy atom. The molecule has 0 saturated carbocycles. The van der Waals surface area contributed by atoms with Crippen molar-refractivity contribution < 1.29 is 14.3 Å². The highest BCUT2D eigenvalue weighted by Crippen LogP contribution is 2.41. The summed E-state index contributed by atoms with van der Waals surface area (Å²) in [5, 5.41) is 27.2. The van der Waals surface area contributed by atoms with E-state index in [0.29, 0.717) is 30.1 Å². The van der Waals surface area contributed by atoms with Crippen molar-refractivity contribution in [1.29, 1.82) is 0 Å². The Hall–Kier alpha value is -4.35. The molecule has 9 nitrogen and oxygen atoms in total. The van der Waals surface area contributed by atoms with Gasteiger partial charge in [0.15, 0.2) is 5.82 Å². The lowest BCUT2D eigenvalue weighted by molar-refractivity contribution is -0.132. The van der Waals surface area contributed by atoms with E-state index in [1.807, 2.05) is 60.8 Å². The summed E-state index contributed by atoms with van der Waals surface area (Å²) in [4.78, 5) is 17.9. The number of halogens is 1. The van der Waals surface area contributed by atoms with Gasteiger partial charge in [0.1, 0.15) is 17.2 Å². The predicted molar refractivity (Wildman–Crippen MR) is 162 cm³/mol. The zero-order valence-electron chi connectivity index (χ0n) is 22.3. The van der Waals surface area contributed by atoms with Gasteiger partial charge in [-0.1, -0.05) is 43.3 Å². The van der Waals surface area contributed by atoms with Crippen LogP contribution in [0.2, 0.25) is 0 Å². The second-order valence-corrected chi connectivity index (χ2v) is 11.4. The van der Waals surface area contributed by atoms with E-state index < -0.39 is 5.97 Å². The number of furan rings is 1. The fourth-order valence-electron chi connectivity index (χ4n) is 4.96. The average Bonchev–Trinajstić information content (AvgIpc) is 3.78. The SMILES string of the molecule is CCc1nc(C)c(C=C(Cc2cccs2)C(=O)O)n1Cc1ccc2oc(-c3ccccc3-c3nnn[nH]3)c(Br)c2c1. The molecule has 4 aromatic heterocycles. The van der Waals surface area contributed by atoms with Crippen molar-refractivity contribution in [3.63, 3.8) is 0 Å². The number of fused-ring (bicyclic) bond motifs is 1. The van der Waals surface area contributed by atoms with Crippen LogP contribution in [-0.4, -0.2) is 41.3 Å². The number of tetrazole rings is 1. The zero-order valence-corrected chi connectivity index (χ0v) is 24.7. The number of nitrogens with zero attached hydrogens (tertiary/aromatic N) is 5. The largest absolute Gasteiger partial charge is 0.478 e. The predicted octanol–water partition coefficient (Wildman–Crippen LogP) is 6.93. The number of hydrogen-bond donors (Lipinski definition) is 2. The van der Waals surface area contributed by atoms with Gasteiger partial charge in [-0.15, -0.1) is 16.4 Å². The summed E-state index contributed by atoms with van der Waals surface area (Å²) >= 11 is 5.33. The minimum Gasteiger partial charge on any atom is -0.478 e. The number of carboxylic acids is 1. The third-order valence-corrected chi connectivity index (χ3v) is 8.58. The number of nitrogens with one attached hydrogen (secondary N) is 1. The molecule has 0 fully saturated rings. The first-order valence-electron chi connectivity index (χ1n) is 13.0. The number of carboxylic acid groups (broad SMARTS) is 1. The first-order chi connectivity index (χ1) is 19.9. The van der Waals surface area contributed by atoms with E-state index in [9.17, 15) is 9.90 Å². The first kappa shape index (κ1) is 26.9. The van der Waals surface area contributed by atoms with Gasteiger partial charge in [0.25, 0.3) is 0 Å². The summed E-state index contributed by atoms with van der Waals surface area (Å²) in [5.41, 5.74) is 5.40. The van der Waals surface area contributed by atoms with E-state index in [1.54, 1.807) is 17.4 Å². The molecule has 6 rings (SSSR count). The van der Waals surface area contributed by atoms with Gasteiger partial charge in [0.05, 0.1) is 15.9 Å². The molecule has 0 amide bonds. The number of thiophene rings is 1. The van der Waals surface area contributed by atoms with E-state index in [1.165, 1.54) is 0 Å². The fourth-order valence-corrected chi connectivity index (χ4v) is 6.29. The van der Waals surface area contributed by atoms with E-state index in [-0.39, 0.29) is 0 Å². The van der Waals surface area contributed by atoms with Gasteiger partial charge in [0.2, 0.25) is 0 Å². The molecule has 6 aromatic rings. The minimum atomic E-state index is -0.929. The quantitative estimate of drug-likeness (QED) is 0.166. The molecule has 0 atom stereocenters. The van der Waals surface area contributed by atoms with Crippen molar-refractivity contribution >= 4 is 50.3 Å². The normalized spacial score (nSPS) is 11.9. The molecule has 0 aliphatic carbocycles. The monoisotopic (exact) mass is 628 g/mol. The molecule has 0 radical (unpaired) electrons. The van der Waals surface area contributed by atoms with Gasteiger partial charge in [0, 0.05) is 46.3 Å². The highest BCUT2D eigenvalue weighted by Gasteiger charge is 2.20. The van der Waals surface area contributed by atoms with Crippen LogP contribution in [0.1, 0.15) is 34.6 Å². The molecule has 206 valence electrons. The van der Waals surface area contributed by atoms with Gasteiger partial charge >= 0.3 is 5.97 Å². The fraction of sp³-hybridized carbons (Fsp3) is 0.167. The Kier molecular flexibility index (Phi) is 7.38. The smallest absolute Gasteiger partial charge is 0.332 e. The van der Waals surface area contributed by atoms with Gasteiger partial charge in [-0.2, -0.15) is 0 Å². The van der Waals surface area contributed by atoms with Crippen LogP contribution in [0.5, 0.6) is 0 Å². The van der Waals surface area contributed by atoms with Crippen molar-refractivity contribution in [2.75, 3.05) is 0 Å². The third-order valence-electron chi connectivity index (χ3n) is 6.92. The Balaban J connectivity index is 1.39. The van der Waals surface area contributed by atoms with Crippen LogP contribution in [0.4, 0.5) is 0 Å². The summed E-state index contributed by atoms with van der Waals surface area (Å²) in [6.45, 7) is 4.51. The van der Waals surface area contributed by atoms with Gasteiger partial charge < -0.3 is 14.1 Å². The highest BCUT2D eigenvalue weighted by atomic mass is 79.9. The molecule has 4 heterocycles. The summed E-state index contributed by atoms with van der Waals surface area (Å²) in [7, 11) is 0. The van der Waals surface area contributed by atoms with Crippen molar-refractivity contribution in [2.45, 2.75) is 33.2 Å². The van der Waals surface area contributed by atoms with Crippen molar-refractivity contribution in [3.8, 4) is 22.7 Å². The summed E-state index contributed by atoms with van der Waals surface area (Å²) in [6, 6.07) is 17.8. The first-order valence-corrected chi connectivity index (χ1v) is 14.7. The van der Waals surface area contributed by atoms with Crippen LogP contribution in [0.25, 0.3) is 39.8 Å². The number of aromatic amines is 1. The summed E-state index contributed by atoms with van der Waals surface area (Å²) in [6.07, 6.45) is 2.85. The van der Waals surface area contributed by atoms with Crippen LogP contribution >= 0.6 is 27.3 Å². The number of aliphatic carboxylic acids is 1. The molecule has 2 aromatic carbocycles. The third kappa shape index (κ3) is 5.25. The van der Waals surface area contributed by atoms with Gasteiger partial charge in [-0.3, -0.25) is 0 Å². The Labute approximate surface area is 247 Å². The van der Waals surface area contributed by atoms with E-state index >= 15 is 0 Å². The molecule has 0 bridgehead atoms. The molecule has 41 heavy (non-hydrogen) atoms. The molecular formula is C30H25BrN6O3S. The number of imidazole rings is 1. The van der Waals surface area contributed by atoms with E-state index in [0.717, 1.165) is 60.6 Å². The van der Waals surface area contributed by atoms with Gasteiger partial charge in [-0.25, -0.2) is 14.9 Å². The molecule has 0 saturated heterocycles. The summed E-state index contributed by atoms with van der Waals surface area (Å²) < 4.78 is 9.24. The lowest BCUT2D eigenvalue weighted by Gasteiger charge is -2.11. The molecule has 0 aliphatic rings. The number of aryl methyl sites for hydroxylation is 2. The van der Waals surface area contributed by atoms with Crippen LogP contribution in [0, 0.1) is 6.92 Å². The maximum Gasteiger partial charge on any atom is 0.332 e. The zero-order chi connectivity index (χ0) is 28.5. The lowest BCUT2D eigenvalue weighted by atomic mass is 10.0. The summed E-state index contributed by atoms with van der Waals surface area (Å²) in [5.74, 6) is 1.20. The van der Waals surface area contributed by atoms with E-state index in [2.05, 4.69) is 54.1 Å². The number of H-pyrrole nitrogens is 1. The number of carbonyl (C=O) groups is 1. The van der Waals surface area contributed by atoms with Gasteiger partial charge in [-0.05, 0) is 68.5 Å². The lowest BCUT2D eigenvalue weighted by Crippen LogP contribution is -2.09. The number of aromatic nitrogens is 6. The molecular weight excluding hydrogens is 604 g/mol. The van der Waals surface area contributed by atoms with Crippen molar-refractivity contribution in [1.82, 2.24) is 30.2 Å². The average molecular weight is 630 g/mol. The Morgan fingerprint density at radius 1 is 1.17 bits per heavy atom. The minimum absolute atomic E-state index is 0.331. The highest BCUT2D eigenvalue weighted by molar-refractivity contribution is 9.10. The van der Waals surface area contributed by atoms with Crippen LogP contribution in [0.15, 0.2) is 74.4 Å². The standard InChI is InChI=1S/C30H25BrN6O3S/c1-3-26-32-17(2)24(15-19(30(38)39)14-20-7-6-12-41-20)37(26)16-18-10-11-25-23(13-18)27(31)28(40-25)21-8-4-5-9-22(21)29-33-35-36-34-29/h4-13,15H,3,14,16H2,1-2H3,(H,38,39)(H,33,34,35,36). The Bertz CT molecular complexity index is 1890. The Morgan fingerprint density at radius 3 is 2.71 bits per heavy atom. The topological polar surface area (TPSA) is 123 Å². The van der Waals surface area contributed by atoms with Crippen LogP contribution in [-0.2, 0) is 24.2 Å². The number of benzene rings is 2. The van der Waals surface area contributed by atoms with Crippen molar-refractivity contribution in [2.24, 2.45) is 0 Å². The van der Waals surface area contributed by atoms with Crippen LogP contribution in [0.3, 0.4) is 0 Å². The maximum absolute atomic E-state index is 12.2. The van der Waals surface area contributed by atoms with Crippen molar-refractivity contribution in [3.05, 3.63) is 97.7 Å². The molecule has 0 unspecified atom stereocenters. The second-order valence-electron chi connectivity index (χ2n) is 9.54. The van der Waals surface area contributed by atoms with E-state index in [4.69, 9.17) is 9.40 Å². The molecule has 11 heteroatoms. The molecule has 0 spiro atoms. The number of hydrogen-bond acceptors (Lipinski definition) is 7. The van der Waals surface area contributed by atoms with Crippen LogP contribution < -0.4 is 0 Å². The second kappa shape index (κ2) is 11.3. The maximum atomic E-state index is 12.2. The molecule has 0 aliphatic heterocycles. The molecule has 2 N–H and O–H groups in total.